The molecule has 0 N–H and O–H groups in total. The van der Waals surface area contributed by atoms with Gasteiger partial charge in [-0.1, -0.05) is 0 Å². The van der Waals surface area contributed by atoms with Crippen molar-refractivity contribution in [3.05, 3.63) is 0 Å². The summed E-state index contributed by atoms with van der Waals surface area (Å²) in [4.78, 5) is 0. The highest BCUT2D eigenvalue weighted by Crippen LogP contribution is 2.31. The molecule has 0 aromatic carbocycles. The molecule has 0 aromatic heterocycles. The standard InChI is InChI=1S/C7H12O2S2/c1-3-10-6(8-1)5-7-9-2-4-11-7/h6-7H,1-5H2. The van der Waals surface area contributed by atoms with Gasteiger partial charge in [-0.15, -0.1) is 23.5 Å². The molecule has 2 saturated heterocycles. The van der Waals surface area contributed by atoms with E-state index in [9.17, 15) is 0 Å². The Balaban J connectivity index is 1.71. The Kier molecular flexibility index (Phi) is 3.01. The van der Waals surface area contributed by atoms with Gasteiger partial charge in [0.1, 0.15) is 10.9 Å². The summed E-state index contributed by atoms with van der Waals surface area (Å²) < 4.78 is 11.0. The lowest BCUT2D eigenvalue weighted by Gasteiger charge is -2.12. The van der Waals surface area contributed by atoms with E-state index in [-0.39, 0.29) is 0 Å². The van der Waals surface area contributed by atoms with Crippen LogP contribution in [0.2, 0.25) is 0 Å². The van der Waals surface area contributed by atoms with E-state index in [0.29, 0.717) is 10.9 Å². The predicted molar refractivity (Wildman–Crippen MR) is 49.0 cm³/mol. The zero-order chi connectivity index (χ0) is 7.52. The van der Waals surface area contributed by atoms with Crippen molar-refractivity contribution < 1.29 is 9.47 Å². The van der Waals surface area contributed by atoms with Gasteiger partial charge < -0.3 is 9.47 Å². The maximum absolute atomic E-state index is 5.48. The second kappa shape index (κ2) is 4.03. The minimum Gasteiger partial charge on any atom is -0.367 e. The molecular weight excluding hydrogens is 180 g/mol. The number of hydrogen-bond donors (Lipinski definition) is 0. The summed E-state index contributed by atoms with van der Waals surface area (Å²) in [7, 11) is 0. The quantitative estimate of drug-likeness (QED) is 0.660. The van der Waals surface area contributed by atoms with Gasteiger partial charge in [0.05, 0.1) is 13.2 Å². The van der Waals surface area contributed by atoms with E-state index < -0.39 is 0 Å². The van der Waals surface area contributed by atoms with Crippen molar-refractivity contribution in [3.63, 3.8) is 0 Å². The van der Waals surface area contributed by atoms with Crippen LogP contribution in [0.15, 0.2) is 0 Å². The van der Waals surface area contributed by atoms with E-state index in [1.54, 1.807) is 0 Å². The van der Waals surface area contributed by atoms with Gasteiger partial charge >= 0.3 is 0 Å². The fourth-order valence-corrected chi connectivity index (χ4v) is 3.28. The van der Waals surface area contributed by atoms with Crippen LogP contribution >= 0.6 is 23.5 Å². The van der Waals surface area contributed by atoms with Crippen molar-refractivity contribution in [2.45, 2.75) is 17.3 Å². The zero-order valence-electron chi connectivity index (χ0n) is 6.32. The molecule has 0 aliphatic carbocycles. The molecule has 4 heteroatoms. The first kappa shape index (κ1) is 8.23. The van der Waals surface area contributed by atoms with Crippen molar-refractivity contribution in [1.29, 1.82) is 0 Å². The molecule has 2 fully saturated rings. The molecule has 0 aromatic rings. The minimum absolute atomic E-state index is 0.408. The van der Waals surface area contributed by atoms with Gasteiger partial charge in [0, 0.05) is 17.9 Å². The molecule has 2 heterocycles. The van der Waals surface area contributed by atoms with Gasteiger partial charge in [0.25, 0.3) is 0 Å². The molecule has 0 spiro atoms. The maximum atomic E-state index is 5.48. The highest BCUT2D eigenvalue weighted by molar-refractivity contribution is 8.00. The summed E-state index contributed by atoms with van der Waals surface area (Å²) >= 11 is 3.83. The second-order valence-corrected chi connectivity index (χ2v) is 5.11. The summed E-state index contributed by atoms with van der Waals surface area (Å²) in [6, 6.07) is 0. The van der Waals surface area contributed by atoms with Crippen LogP contribution < -0.4 is 0 Å². The smallest absolute Gasteiger partial charge is 0.106 e. The SMILES string of the molecule is C1CSC(CC2OCCS2)O1. The molecule has 2 rings (SSSR count). The lowest BCUT2D eigenvalue weighted by Crippen LogP contribution is -2.11. The highest BCUT2D eigenvalue weighted by atomic mass is 32.2. The van der Waals surface area contributed by atoms with Crippen LogP contribution in [-0.4, -0.2) is 35.6 Å². The third-order valence-corrected chi connectivity index (χ3v) is 3.97. The lowest BCUT2D eigenvalue weighted by atomic mass is 10.5. The number of hydrogen-bond acceptors (Lipinski definition) is 4. The minimum atomic E-state index is 0.408. The molecule has 64 valence electrons. The average molecular weight is 192 g/mol. The van der Waals surface area contributed by atoms with E-state index in [0.717, 1.165) is 31.1 Å². The topological polar surface area (TPSA) is 18.5 Å². The Labute approximate surface area is 75.4 Å². The van der Waals surface area contributed by atoms with Gasteiger partial charge in [-0.05, 0) is 0 Å². The van der Waals surface area contributed by atoms with E-state index in [1.165, 1.54) is 0 Å². The van der Waals surface area contributed by atoms with Crippen LogP contribution in [0.3, 0.4) is 0 Å². The second-order valence-electron chi connectivity index (χ2n) is 2.58. The van der Waals surface area contributed by atoms with Gasteiger partial charge in [-0.25, -0.2) is 0 Å². The Morgan fingerprint density at radius 2 is 1.55 bits per heavy atom. The molecule has 2 aliphatic heterocycles. The van der Waals surface area contributed by atoms with Crippen LogP contribution in [0.4, 0.5) is 0 Å². The fourth-order valence-electron chi connectivity index (χ4n) is 1.24. The van der Waals surface area contributed by atoms with Gasteiger partial charge in [0.2, 0.25) is 0 Å². The number of thioether (sulfide) groups is 2. The first-order chi connectivity index (χ1) is 5.45. The Bertz CT molecular complexity index is 106. The van der Waals surface area contributed by atoms with Crippen LogP contribution in [0.25, 0.3) is 0 Å². The molecule has 2 nitrogen and oxygen atoms in total. The van der Waals surface area contributed by atoms with Crippen LogP contribution in [0.1, 0.15) is 6.42 Å². The first-order valence-electron chi connectivity index (χ1n) is 3.91. The highest BCUT2D eigenvalue weighted by Gasteiger charge is 2.24. The van der Waals surface area contributed by atoms with Crippen LogP contribution in [0, 0.1) is 0 Å². The Morgan fingerprint density at radius 3 is 1.91 bits per heavy atom. The predicted octanol–water partition coefficient (Wildman–Crippen LogP) is 1.56. The molecule has 2 unspecified atom stereocenters. The molecular formula is C7H12O2S2. The van der Waals surface area contributed by atoms with Crippen molar-refractivity contribution in [3.8, 4) is 0 Å². The summed E-state index contributed by atoms with van der Waals surface area (Å²) in [5.41, 5.74) is 0.816. The van der Waals surface area contributed by atoms with Gasteiger partial charge in [0.15, 0.2) is 0 Å². The third-order valence-electron chi connectivity index (χ3n) is 1.77. The van der Waals surface area contributed by atoms with Crippen LogP contribution in [0.5, 0.6) is 0 Å². The summed E-state index contributed by atoms with van der Waals surface area (Å²) in [6.07, 6.45) is 1.06. The molecule has 0 saturated carbocycles. The Morgan fingerprint density at radius 1 is 1.00 bits per heavy atom. The number of rotatable bonds is 2. The van der Waals surface area contributed by atoms with Gasteiger partial charge in [-0.2, -0.15) is 0 Å². The third kappa shape index (κ3) is 2.28. The maximum Gasteiger partial charge on any atom is 0.106 e. The van der Waals surface area contributed by atoms with Crippen molar-refractivity contribution >= 4 is 23.5 Å². The normalized spacial score (nSPS) is 38.2. The van der Waals surface area contributed by atoms with E-state index in [4.69, 9.17) is 9.47 Å². The first-order valence-corrected chi connectivity index (χ1v) is 6.01. The average Bonchev–Trinajstić information content (AvgIpc) is 2.60. The van der Waals surface area contributed by atoms with E-state index >= 15 is 0 Å². The molecule has 0 bridgehead atoms. The molecule has 2 atom stereocenters. The lowest BCUT2D eigenvalue weighted by molar-refractivity contribution is 0.0806. The summed E-state index contributed by atoms with van der Waals surface area (Å²) in [5, 5.41) is 0. The number of ether oxygens (including phenoxy) is 2. The Hall–Kier alpha value is 0.620. The molecule has 0 radical (unpaired) electrons. The largest absolute Gasteiger partial charge is 0.367 e. The summed E-state index contributed by atoms with van der Waals surface area (Å²) in [5.74, 6) is 2.31. The van der Waals surface area contributed by atoms with Crippen molar-refractivity contribution in [1.82, 2.24) is 0 Å². The summed E-state index contributed by atoms with van der Waals surface area (Å²) in [6.45, 7) is 1.85. The van der Waals surface area contributed by atoms with E-state index in [1.807, 2.05) is 23.5 Å². The fraction of sp³-hybridized carbons (Fsp3) is 1.00. The van der Waals surface area contributed by atoms with Crippen molar-refractivity contribution in [2.75, 3.05) is 24.7 Å². The molecule has 2 aliphatic rings. The van der Waals surface area contributed by atoms with Gasteiger partial charge in [-0.3, -0.25) is 0 Å². The molecule has 0 amide bonds. The monoisotopic (exact) mass is 192 g/mol. The van der Waals surface area contributed by atoms with Crippen LogP contribution in [-0.2, 0) is 9.47 Å². The molecule has 11 heavy (non-hydrogen) atoms. The zero-order valence-corrected chi connectivity index (χ0v) is 7.96. The van der Waals surface area contributed by atoms with E-state index in [2.05, 4.69) is 0 Å². The van der Waals surface area contributed by atoms with Crippen molar-refractivity contribution in [2.24, 2.45) is 0 Å².